The van der Waals surface area contributed by atoms with Gasteiger partial charge in [-0.15, -0.1) is 0 Å². The molecule has 2 aromatic heterocycles. The monoisotopic (exact) mass is 501 g/mol. The number of sulfone groups is 1. The van der Waals surface area contributed by atoms with Crippen molar-refractivity contribution >= 4 is 21.6 Å². The van der Waals surface area contributed by atoms with Crippen molar-refractivity contribution in [3.05, 3.63) is 36.0 Å². The molecule has 1 amide bonds. The van der Waals surface area contributed by atoms with Gasteiger partial charge in [0.2, 0.25) is 15.7 Å². The molecule has 0 radical (unpaired) electrons. The average Bonchev–Trinajstić information content (AvgIpc) is 3.11. The summed E-state index contributed by atoms with van der Waals surface area (Å²) in [5.41, 5.74) is 5.33. The largest absolute Gasteiger partial charge is 0.478 e. The number of primary amides is 1. The van der Waals surface area contributed by atoms with Crippen LogP contribution in [0.15, 0.2) is 40.4 Å². The van der Waals surface area contributed by atoms with Gasteiger partial charge in [0.05, 0.1) is 11.5 Å². The number of piperidine rings is 1. The summed E-state index contributed by atoms with van der Waals surface area (Å²) in [5, 5.41) is 3.15. The lowest BCUT2D eigenvalue weighted by atomic mass is 9.95. The van der Waals surface area contributed by atoms with E-state index < -0.39 is 15.7 Å². The minimum Gasteiger partial charge on any atom is -0.478 e. The maximum absolute atomic E-state index is 13.6. The van der Waals surface area contributed by atoms with Gasteiger partial charge in [0.15, 0.2) is 5.03 Å². The third-order valence-corrected chi connectivity index (χ3v) is 8.66. The van der Waals surface area contributed by atoms with Crippen molar-refractivity contribution in [2.45, 2.75) is 61.9 Å². The maximum atomic E-state index is 13.6. The van der Waals surface area contributed by atoms with Crippen molar-refractivity contribution in [2.75, 3.05) is 31.1 Å². The van der Waals surface area contributed by atoms with Gasteiger partial charge < -0.3 is 20.7 Å². The molecule has 1 atom stereocenters. The van der Waals surface area contributed by atoms with Crippen LogP contribution in [0.25, 0.3) is 0 Å². The van der Waals surface area contributed by atoms with Gasteiger partial charge in [-0.1, -0.05) is 13.0 Å². The lowest BCUT2D eigenvalue weighted by Crippen LogP contribution is -2.40. The van der Waals surface area contributed by atoms with E-state index in [1.54, 1.807) is 12.1 Å². The van der Waals surface area contributed by atoms with E-state index in [2.05, 4.69) is 36.1 Å². The summed E-state index contributed by atoms with van der Waals surface area (Å²) in [6, 6.07) is 5.96. The predicted molar refractivity (Wildman–Crippen MR) is 133 cm³/mol. The van der Waals surface area contributed by atoms with Crippen LogP contribution >= 0.6 is 0 Å². The molecule has 35 heavy (non-hydrogen) atoms. The Morgan fingerprint density at radius 1 is 1.26 bits per heavy atom. The fourth-order valence-corrected chi connectivity index (χ4v) is 6.69. The highest BCUT2D eigenvalue weighted by Crippen LogP contribution is 2.39. The Kier molecular flexibility index (Phi) is 7.32. The molecule has 4 rings (SSSR count). The molecule has 0 aromatic carbocycles. The van der Waals surface area contributed by atoms with Crippen LogP contribution in [0, 0.1) is 11.8 Å². The first kappa shape index (κ1) is 25.4. The molecule has 190 valence electrons. The van der Waals surface area contributed by atoms with Gasteiger partial charge in [0.25, 0.3) is 5.91 Å². The second kappa shape index (κ2) is 10.1. The molecule has 2 saturated heterocycles. The number of hydrogen-bond acceptors (Lipinski definition) is 8. The fourth-order valence-electron chi connectivity index (χ4n) is 5.29. The zero-order valence-electron chi connectivity index (χ0n) is 20.7. The summed E-state index contributed by atoms with van der Waals surface area (Å²) in [4.78, 5) is 23.0. The van der Waals surface area contributed by atoms with Gasteiger partial charge in [-0.2, -0.15) is 0 Å². The highest BCUT2D eigenvalue weighted by atomic mass is 32.2. The van der Waals surface area contributed by atoms with E-state index in [1.165, 1.54) is 18.3 Å². The summed E-state index contributed by atoms with van der Waals surface area (Å²) in [6.45, 7) is 9.37. The van der Waals surface area contributed by atoms with Crippen LogP contribution in [0.4, 0.5) is 5.82 Å². The van der Waals surface area contributed by atoms with Gasteiger partial charge >= 0.3 is 0 Å². The number of amides is 1. The molecule has 9 nitrogen and oxygen atoms in total. The highest BCUT2D eigenvalue weighted by molar-refractivity contribution is 7.91. The molecule has 2 fully saturated rings. The second-order valence-corrected chi connectivity index (χ2v) is 12.1. The molecule has 2 aliphatic rings. The Balaban J connectivity index is 1.62. The molecule has 4 heterocycles. The van der Waals surface area contributed by atoms with E-state index in [0.717, 1.165) is 38.8 Å². The Morgan fingerprint density at radius 3 is 2.66 bits per heavy atom. The summed E-state index contributed by atoms with van der Waals surface area (Å²) in [7, 11) is -4.15. The van der Waals surface area contributed by atoms with Crippen LogP contribution in [0.5, 0.6) is 5.88 Å². The normalized spacial score (nSPS) is 20.7. The van der Waals surface area contributed by atoms with E-state index in [-0.39, 0.29) is 26.9 Å². The first-order valence-electron chi connectivity index (χ1n) is 12.2. The first-order chi connectivity index (χ1) is 16.6. The number of nitrogens with zero attached hydrogens (tertiary/aromatic N) is 3. The lowest BCUT2D eigenvalue weighted by Gasteiger charge is -2.33. The van der Waals surface area contributed by atoms with Crippen molar-refractivity contribution in [2.24, 2.45) is 17.6 Å². The number of hydrogen-bond donors (Lipinski definition) is 2. The number of rotatable bonds is 8. The molecule has 1 unspecified atom stereocenters. The summed E-state index contributed by atoms with van der Waals surface area (Å²) in [6.07, 6.45) is 5.41. The van der Waals surface area contributed by atoms with Crippen molar-refractivity contribution < 1.29 is 17.9 Å². The van der Waals surface area contributed by atoms with Crippen LogP contribution in [0.2, 0.25) is 0 Å². The number of nitrogens with one attached hydrogen (secondary N) is 1. The Bertz CT molecular complexity index is 1180. The Labute approximate surface area is 207 Å². The standard InChI is InChI=1S/C25H35N5O4S/c1-17-15-25(2,3)30(16-17)24-22(23(26)31)19(9-13-28-24)35(32,33)21-6-4-5-20(29-21)34-14-10-18-7-11-27-12-8-18/h4-6,9,13,17-18,27H,7-8,10-12,14-16H2,1-3H3,(H2,26,31). The molecule has 2 aliphatic heterocycles. The van der Waals surface area contributed by atoms with Gasteiger partial charge in [-0.05, 0) is 76.6 Å². The van der Waals surface area contributed by atoms with E-state index in [9.17, 15) is 13.2 Å². The number of ether oxygens (including phenoxy) is 1. The van der Waals surface area contributed by atoms with E-state index >= 15 is 0 Å². The van der Waals surface area contributed by atoms with Crippen LogP contribution in [-0.2, 0) is 9.84 Å². The van der Waals surface area contributed by atoms with Crippen LogP contribution in [0.3, 0.4) is 0 Å². The van der Waals surface area contributed by atoms with Gasteiger partial charge in [-0.25, -0.2) is 18.4 Å². The number of anilines is 1. The summed E-state index contributed by atoms with van der Waals surface area (Å²) in [5.74, 6) is 0.658. The molecular weight excluding hydrogens is 466 g/mol. The maximum Gasteiger partial charge on any atom is 0.253 e. The topological polar surface area (TPSA) is 128 Å². The third kappa shape index (κ3) is 5.43. The first-order valence-corrected chi connectivity index (χ1v) is 13.7. The van der Waals surface area contributed by atoms with Crippen molar-refractivity contribution in [3.8, 4) is 5.88 Å². The van der Waals surface area contributed by atoms with E-state index in [0.29, 0.717) is 30.8 Å². The molecule has 3 N–H and O–H groups in total. The Hall–Kier alpha value is -2.72. The number of carbonyl (C=O) groups excluding carboxylic acids is 1. The zero-order chi connectivity index (χ0) is 25.2. The SMILES string of the molecule is CC1CN(c2nccc(S(=O)(=O)c3cccc(OCCC4CCNCC4)n3)c2C(N)=O)C(C)(C)C1. The molecule has 2 aromatic rings. The highest BCUT2D eigenvalue weighted by Gasteiger charge is 2.40. The molecule has 0 bridgehead atoms. The number of pyridine rings is 2. The lowest BCUT2D eigenvalue weighted by molar-refractivity contribution is 0.0997. The average molecular weight is 502 g/mol. The van der Waals surface area contributed by atoms with Gasteiger partial charge in [-0.3, -0.25) is 4.79 Å². The van der Waals surface area contributed by atoms with Gasteiger partial charge in [0, 0.05) is 24.3 Å². The van der Waals surface area contributed by atoms with E-state index in [1.807, 2.05) is 4.90 Å². The smallest absolute Gasteiger partial charge is 0.253 e. The number of nitrogens with two attached hydrogens (primary N) is 1. The number of carbonyl (C=O) groups is 1. The molecule has 0 spiro atoms. The van der Waals surface area contributed by atoms with Gasteiger partial charge in [0.1, 0.15) is 11.4 Å². The summed E-state index contributed by atoms with van der Waals surface area (Å²) >= 11 is 0. The number of aromatic nitrogens is 2. The molecule has 10 heteroatoms. The quantitative estimate of drug-likeness (QED) is 0.565. The molecule has 0 saturated carbocycles. The second-order valence-electron chi connectivity index (χ2n) is 10.3. The fraction of sp³-hybridized carbons (Fsp3) is 0.560. The van der Waals surface area contributed by atoms with Crippen molar-refractivity contribution in [1.29, 1.82) is 0 Å². The van der Waals surface area contributed by atoms with Crippen molar-refractivity contribution in [3.63, 3.8) is 0 Å². The summed E-state index contributed by atoms with van der Waals surface area (Å²) < 4.78 is 33.1. The minimum atomic E-state index is -4.15. The zero-order valence-corrected chi connectivity index (χ0v) is 21.5. The third-order valence-electron chi connectivity index (χ3n) is 6.97. The minimum absolute atomic E-state index is 0.103. The Morgan fingerprint density at radius 2 is 2.00 bits per heavy atom. The molecule has 0 aliphatic carbocycles. The molecular formula is C25H35N5O4S. The van der Waals surface area contributed by atoms with Crippen LogP contribution in [0.1, 0.15) is 56.8 Å². The predicted octanol–water partition coefficient (Wildman–Crippen LogP) is 2.80. The van der Waals surface area contributed by atoms with Crippen LogP contribution < -0.4 is 20.7 Å². The van der Waals surface area contributed by atoms with Crippen molar-refractivity contribution in [1.82, 2.24) is 15.3 Å². The van der Waals surface area contributed by atoms with Crippen LogP contribution in [-0.4, -0.2) is 56.1 Å². The van der Waals surface area contributed by atoms with E-state index in [4.69, 9.17) is 10.5 Å².